The molecule has 0 aliphatic carbocycles. The number of imide groups is 1. The van der Waals surface area contributed by atoms with Crippen LogP contribution in [-0.4, -0.2) is 38.1 Å². The smallest absolute Gasteiger partial charge is 0.322 e. The SMILES string of the molecule is COc1cc(NC(=O)CC2NC(=O)NC2=O)c(OC)cc1Cl. The number of carbonyl (C=O) groups is 3. The van der Waals surface area contributed by atoms with E-state index in [1.807, 2.05) is 0 Å². The standard InChI is InChI=1S/C13H14ClN3O5/c1-21-9-4-7(10(22-2)3-6(9)14)15-11(18)5-8-12(19)17-13(20)16-8/h3-4,8H,5H2,1-2H3,(H,15,18)(H2,16,17,19,20). The van der Waals surface area contributed by atoms with Crippen molar-refractivity contribution in [1.82, 2.24) is 10.6 Å². The molecule has 118 valence electrons. The van der Waals surface area contributed by atoms with Gasteiger partial charge in [-0.05, 0) is 0 Å². The highest BCUT2D eigenvalue weighted by atomic mass is 35.5. The van der Waals surface area contributed by atoms with Gasteiger partial charge in [0.25, 0.3) is 5.91 Å². The summed E-state index contributed by atoms with van der Waals surface area (Å²) in [6.07, 6.45) is -0.203. The molecule has 0 radical (unpaired) electrons. The largest absolute Gasteiger partial charge is 0.495 e. The van der Waals surface area contributed by atoms with Crippen LogP contribution in [0.1, 0.15) is 6.42 Å². The van der Waals surface area contributed by atoms with E-state index in [0.29, 0.717) is 22.2 Å². The molecule has 0 bridgehead atoms. The first-order chi connectivity index (χ1) is 10.4. The van der Waals surface area contributed by atoms with E-state index in [1.165, 1.54) is 26.4 Å². The zero-order chi connectivity index (χ0) is 16.3. The van der Waals surface area contributed by atoms with Crippen LogP contribution in [0.4, 0.5) is 10.5 Å². The van der Waals surface area contributed by atoms with Gasteiger partial charge in [-0.2, -0.15) is 0 Å². The Morgan fingerprint density at radius 2 is 1.95 bits per heavy atom. The zero-order valence-corrected chi connectivity index (χ0v) is 12.6. The lowest BCUT2D eigenvalue weighted by molar-refractivity contribution is -0.124. The molecule has 1 aromatic rings. The fraction of sp³-hybridized carbons (Fsp3) is 0.308. The normalized spacial score (nSPS) is 16.8. The summed E-state index contributed by atoms with van der Waals surface area (Å²) in [5.74, 6) is -0.297. The summed E-state index contributed by atoms with van der Waals surface area (Å²) in [6.45, 7) is 0. The Bertz CT molecular complexity index is 634. The van der Waals surface area contributed by atoms with E-state index in [2.05, 4.69) is 16.0 Å². The number of carbonyl (C=O) groups excluding carboxylic acids is 3. The molecule has 9 heteroatoms. The fourth-order valence-electron chi connectivity index (χ4n) is 1.95. The Morgan fingerprint density at radius 3 is 2.50 bits per heavy atom. The summed E-state index contributed by atoms with van der Waals surface area (Å²) in [6, 6.07) is 1.49. The van der Waals surface area contributed by atoms with Gasteiger partial charge in [-0.3, -0.25) is 14.9 Å². The quantitative estimate of drug-likeness (QED) is 0.697. The average Bonchev–Trinajstić information content (AvgIpc) is 2.78. The van der Waals surface area contributed by atoms with Crippen molar-refractivity contribution in [2.24, 2.45) is 0 Å². The average molecular weight is 328 g/mol. The Hall–Kier alpha value is -2.48. The van der Waals surface area contributed by atoms with Crippen molar-refractivity contribution >= 4 is 35.1 Å². The summed E-state index contributed by atoms with van der Waals surface area (Å²) in [5.41, 5.74) is 0.346. The van der Waals surface area contributed by atoms with Gasteiger partial charge in [0.15, 0.2) is 0 Å². The Labute approximate surface area is 131 Å². The maximum Gasteiger partial charge on any atom is 0.322 e. The molecule has 22 heavy (non-hydrogen) atoms. The molecule has 1 atom stereocenters. The van der Waals surface area contributed by atoms with Crippen LogP contribution in [0.5, 0.6) is 11.5 Å². The molecule has 1 aliphatic heterocycles. The third kappa shape index (κ3) is 3.40. The minimum absolute atomic E-state index is 0.203. The Kier molecular flexibility index (Phi) is 4.71. The van der Waals surface area contributed by atoms with Crippen LogP contribution in [0.25, 0.3) is 0 Å². The molecule has 0 saturated carbocycles. The van der Waals surface area contributed by atoms with Crippen molar-refractivity contribution in [3.63, 3.8) is 0 Å². The number of ether oxygens (including phenoxy) is 2. The molecule has 3 N–H and O–H groups in total. The number of nitrogens with one attached hydrogen (secondary N) is 3. The first-order valence-electron chi connectivity index (χ1n) is 6.27. The van der Waals surface area contributed by atoms with Crippen LogP contribution in [0.15, 0.2) is 12.1 Å². The summed E-state index contributed by atoms with van der Waals surface area (Å²) in [4.78, 5) is 34.4. The maximum absolute atomic E-state index is 12.0. The van der Waals surface area contributed by atoms with Gasteiger partial charge in [-0.1, -0.05) is 11.6 Å². The summed E-state index contributed by atoms with van der Waals surface area (Å²) in [5, 5.41) is 7.32. The lowest BCUT2D eigenvalue weighted by Crippen LogP contribution is -2.33. The molecule has 1 fully saturated rings. The van der Waals surface area contributed by atoms with Gasteiger partial charge in [-0.25, -0.2) is 4.79 Å². The molecule has 0 aromatic heterocycles. The third-order valence-electron chi connectivity index (χ3n) is 3.00. The predicted molar refractivity (Wildman–Crippen MR) is 78.3 cm³/mol. The number of hydrogen-bond acceptors (Lipinski definition) is 5. The maximum atomic E-state index is 12.0. The van der Waals surface area contributed by atoms with E-state index in [4.69, 9.17) is 21.1 Å². The molecular formula is C13H14ClN3O5. The number of rotatable bonds is 5. The monoisotopic (exact) mass is 327 g/mol. The summed E-state index contributed by atoms with van der Waals surface area (Å²) in [7, 11) is 2.87. The number of amides is 4. The molecule has 2 rings (SSSR count). The van der Waals surface area contributed by atoms with Gasteiger partial charge in [0.1, 0.15) is 17.5 Å². The Morgan fingerprint density at radius 1 is 1.27 bits per heavy atom. The van der Waals surface area contributed by atoms with E-state index in [0.717, 1.165) is 0 Å². The molecule has 1 unspecified atom stereocenters. The summed E-state index contributed by atoms with van der Waals surface area (Å²) >= 11 is 5.97. The molecule has 1 aromatic carbocycles. The van der Waals surface area contributed by atoms with E-state index in [-0.39, 0.29) is 6.42 Å². The first-order valence-corrected chi connectivity index (χ1v) is 6.65. The summed E-state index contributed by atoms with van der Waals surface area (Å²) < 4.78 is 10.2. The van der Waals surface area contributed by atoms with Crippen LogP contribution in [0.3, 0.4) is 0 Å². The highest BCUT2D eigenvalue weighted by molar-refractivity contribution is 6.32. The lowest BCUT2D eigenvalue weighted by atomic mass is 10.2. The first kappa shape index (κ1) is 15.9. The van der Waals surface area contributed by atoms with Gasteiger partial charge in [0.05, 0.1) is 31.4 Å². The second-order valence-electron chi connectivity index (χ2n) is 4.45. The molecule has 1 heterocycles. The van der Waals surface area contributed by atoms with Crippen LogP contribution < -0.4 is 25.4 Å². The van der Waals surface area contributed by atoms with Crippen molar-refractivity contribution in [2.75, 3.05) is 19.5 Å². The van der Waals surface area contributed by atoms with Crippen molar-refractivity contribution in [3.05, 3.63) is 17.2 Å². The van der Waals surface area contributed by atoms with Crippen molar-refractivity contribution in [1.29, 1.82) is 0 Å². The van der Waals surface area contributed by atoms with Gasteiger partial charge >= 0.3 is 6.03 Å². The number of benzene rings is 1. The third-order valence-corrected chi connectivity index (χ3v) is 3.29. The second-order valence-corrected chi connectivity index (χ2v) is 4.86. The number of methoxy groups -OCH3 is 2. The molecule has 8 nitrogen and oxygen atoms in total. The van der Waals surface area contributed by atoms with Gasteiger partial charge in [0.2, 0.25) is 5.91 Å². The Balaban J connectivity index is 2.11. The zero-order valence-electron chi connectivity index (χ0n) is 11.9. The predicted octanol–water partition coefficient (Wildman–Crippen LogP) is 0.894. The number of hydrogen-bond donors (Lipinski definition) is 3. The number of anilines is 1. The van der Waals surface area contributed by atoms with Gasteiger partial charge < -0.3 is 20.1 Å². The minimum Gasteiger partial charge on any atom is -0.495 e. The van der Waals surface area contributed by atoms with E-state index in [9.17, 15) is 14.4 Å². The van der Waals surface area contributed by atoms with Crippen LogP contribution >= 0.6 is 11.6 Å². The van der Waals surface area contributed by atoms with Gasteiger partial charge in [0, 0.05) is 12.1 Å². The fourth-order valence-corrected chi connectivity index (χ4v) is 2.18. The van der Waals surface area contributed by atoms with Crippen LogP contribution in [0, 0.1) is 0 Å². The molecule has 1 aliphatic rings. The van der Waals surface area contributed by atoms with Crippen molar-refractivity contribution < 1.29 is 23.9 Å². The van der Waals surface area contributed by atoms with Crippen molar-refractivity contribution in [3.8, 4) is 11.5 Å². The van der Waals surface area contributed by atoms with E-state index >= 15 is 0 Å². The highest BCUT2D eigenvalue weighted by Gasteiger charge is 2.31. The van der Waals surface area contributed by atoms with Crippen LogP contribution in [0.2, 0.25) is 5.02 Å². The molecule has 1 saturated heterocycles. The minimum atomic E-state index is -0.896. The number of urea groups is 1. The van der Waals surface area contributed by atoms with Gasteiger partial charge in [-0.15, -0.1) is 0 Å². The number of halogens is 1. The van der Waals surface area contributed by atoms with E-state index in [1.54, 1.807) is 0 Å². The highest BCUT2D eigenvalue weighted by Crippen LogP contribution is 2.35. The van der Waals surface area contributed by atoms with Crippen molar-refractivity contribution in [2.45, 2.75) is 12.5 Å². The molecule has 4 amide bonds. The van der Waals surface area contributed by atoms with Crippen LogP contribution in [-0.2, 0) is 9.59 Å². The molecule has 0 spiro atoms. The second kappa shape index (κ2) is 6.52. The molecular weight excluding hydrogens is 314 g/mol. The lowest BCUT2D eigenvalue weighted by Gasteiger charge is -2.14. The van der Waals surface area contributed by atoms with E-state index < -0.39 is 23.9 Å². The topological polar surface area (TPSA) is 106 Å².